The molecule has 0 aromatic heterocycles. The van der Waals surface area contributed by atoms with E-state index in [0.29, 0.717) is 36.6 Å². The molecular weight excluding hydrogens is 452 g/mol. The molecule has 8 heteroatoms. The van der Waals surface area contributed by atoms with Crippen molar-refractivity contribution < 1.29 is 24.2 Å². The first-order chi connectivity index (χ1) is 14.4. The Morgan fingerprint density at radius 2 is 1.87 bits per heavy atom. The van der Waals surface area contributed by atoms with E-state index in [2.05, 4.69) is 21.2 Å². The lowest BCUT2D eigenvalue weighted by atomic mass is 9.97. The fourth-order valence-corrected chi connectivity index (χ4v) is 3.75. The number of hydrogen-bond acceptors (Lipinski definition) is 5. The fourth-order valence-electron chi connectivity index (χ4n) is 3.49. The van der Waals surface area contributed by atoms with Gasteiger partial charge >= 0.3 is 11.9 Å². The smallest absolute Gasteiger partial charge is 0.335 e. The van der Waals surface area contributed by atoms with E-state index in [-0.39, 0.29) is 23.4 Å². The number of carboxylic acid groups (broad SMARTS) is 1. The summed E-state index contributed by atoms with van der Waals surface area (Å²) in [6.45, 7) is 3.26. The molecule has 1 aliphatic heterocycles. The second-order valence-electron chi connectivity index (χ2n) is 7.04. The van der Waals surface area contributed by atoms with Crippen LogP contribution in [0.3, 0.4) is 0 Å². The number of carboxylic acids is 1. The maximum absolute atomic E-state index is 12.7. The van der Waals surface area contributed by atoms with Crippen LogP contribution in [0.1, 0.15) is 40.5 Å². The third-order valence-electron chi connectivity index (χ3n) is 4.98. The molecule has 2 N–H and O–H groups in total. The number of benzene rings is 2. The van der Waals surface area contributed by atoms with Crippen LogP contribution in [0.4, 0.5) is 11.4 Å². The monoisotopic (exact) mass is 474 g/mol. The van der Waals surface area contributed by atoms with Gasteiger partial charge in [-0.05, 0) is 62.2 Å². The number of carbonyl (C=O) groups excluding carboxylic acids is 2. The second kappa shape index (κ2) is 9.75. The quantitative estimate of drug-likeness (QED) is 0.609. The first-order valence-electron chi connectivity index (χ1n) is 9.75. The summed E-state index contributed by atoms with van der Waals surface area (Å²) in [6, 6.07) is 11.5. The lowest BCUT2D eigenvalue weighted by Crippen LogP contribution is -2.39. The molecule has 2 aromatic rings. The van der Waals surface area contributed by atoms with Crippen molar-refractivity contribution >= 4 is 45.2 Å². The number of esters is 1. The Bertz CT molecular complexity index is 945. The third kappa shape index (κ3) is 5.18. The molecule has 1 heterocycles. The lowest BCUT2D eigenvalue weighted by Gasteiger charge is -2.34. The van der Waals surface area contributed by atoms with Crippen LogP contribution in [0.5, 0.6) is 0 Å². The number of aromatic carboxylic acids is 1. The fraction of sp³-hybridized carbons (Fsp3) is 0.318. The molecule has 7 nitrogen and oxygen atoms in total. The van der Waals surface area contributed by atoms with E-state index in [9.17, 15) is 19.5 Å². The Labute approximate surface area is 183 Å². The number of hydrogen-bond donors (Lipinski definition) is 2. The van der Waals surface area contributed by atoms with E-state index < -0.39 is 5.97 Å². The van der Waals surface area contributed by atoms with Crippen LogP contribution in [0.15, 0.2) is 46.9 Å². The van der Waals surface area contributed by atoms with Gasteiger partial charge in [0.1, 0.15) is 0 Å². The van der Waals surface area contributed by atoms with Crippen molar-refractivity contribution in [2.45, 2.75) is 19.8 Å². The minimum atomic E-state index is -1.08. The Hall–Kier alpha value is -2.87. The highest BCUT2D eigenvalue weighted by molar-refractivity contribution is 9.10. The van der Waals surface area contributed by atoms with Gasteiger partial charge in [-0.2, -0.15) is 0 Å². The summed E-state index contributed by atoms with van der Waals surface area (Å²) >= 11 is 3.34. The van der Waals surface area contributed by atoms with Gasteiger partial charge in [0, 0.05) is 23.1 Å². The maximum atomic E-state index is 12.7. The average molecular weight is 475 g/mol. The standard InChI is InChI=1S/C22H23BrN2O5/c1-2-30-22(29)16-4-3-11-25(13-16)19-10-7-15(21(27)28)12-18(19)24-20(26)14-5-8-17(23)9-6-14/h5-10,12,16H,2-4,11,13H2,1H3,(H,24,26)(H,27,28)/t16-/m1/s1. The van der Waals surface area contributed by atoms with Crippen LogP contribution in [0.25, 0.3) is 0 Å². The van der Waals surface area contributed by atoms with Gasteiger partial charge in [0.2, 0.25) is 0 Å². The number of amides is 1. The van der Waals surface area contributed by atoms with E-state index in [1.807, 2.05) is 4.90 Å². The van der Waals surface area contributed by atoms with Gasteiger partial charge < -0.3 is 20.1 Å². The predicted octanol–water partition coefficient (Wildman–Crippen LogP) is 4.18. The SMILES string of the molecule is CCOC(=O)[C@@H]1CCCN(c2ccc(C(=O)O)cc2NC(=O)c2ccc(Br)cc2)C1. The van der Waals surface area contributed by atoms with Crippen molar-refractivity contribution in [3.05, 3.63) is 58.1 Å². The number of nitrogens with one attached hydrogen (secondary N) is 1. The van der Waals surface area contributed by atoms with Crippen LogP contribution in [0.2, 0.25) is 0 Å². The van der Waals surface area contributed by atoms with Crippen molar-refractivity contribution in [2.75, 3.05) is 29.9 Å². The van der Waals surface area contributed by atoms with Gasteiger partial charge in [-0.25, -0.2) is 4.79 Å². The lowest BCUT2D eigenvalue weighted by molar-refractivity contribution is -0.148. The highest BCUT2D eigenvalue weighted by Crippen LogP contribution is 2.32. The van der Waals surface area contributed by atoms with Gasteiger partial charge in [-0.1, -0.05) is 15.9 Å². The van der Waals surface area contributed by atoms with E-state index in [0.717, 1.165) is 17.3 Å². The molecule has 0 unspecified atom stereocenters. The highest BCUT2D eigenvalue weighted by Gasteiger charge is 2.28. The van der Waals surface area contributed by atoms with E-state index in [4.69, 9.17) is 4.74 Å². The van der Waals surface area contributed by atoms with E-state index >= 15 is 0 Å². The van der Waals surface area contributed by atoms with Gasteiger partial charge in [-0.15, -0.1) is 0 Å². The van der Waals surface area contributed by atoms with Gasteiger partial charge in [0.25, 0.3) is 5.91 Å². The summed E-state index contributed by atoms with van der Waals surface area (Å²) in [5.41, 5.74) is 1.60. The molecule has 0 bridgehead atoms. The summed E-state index contributed by atoms with van der Waals surface area (Å²) in [6.07, 6.45) is 1.54. The molecule has 0 saturated carbocycles. The van der Waals surface area contributed by atoms with Crippen LogP contribution in [-0.2, 0) is 9.53 Å². The highest BCUT2D eigenvalue weighted by atomic mass is 79.9. The summed E-state index contributed by atoms with van der Waals surface area (Å²) in [5.74, 6) is -1.91. The Morgan fingerprint density at radius 3 is 2.53 bits per heavy atom. The number of rotatable bonds is 6. The summed E-state index contributed by atoms with van der Waals surface area (Å²) < 4.78 is 6.01. The molecule has 1 atom stereocenters. The molecule has 1 saturated heterocycles. The zero-order valence-corrected chi connectivity index (χ0v) is 18.1. The first kappa shape index (κ1) is 21.8. The molecule has 1 aliphatic rings. The molecule has 1 amide bonds. The number of ether oxygens (including phenoxy) is 1. The molecule has 158 valence electrons. The first-order valence-corrected chi connectivity index (χ1v) is 10.5. The topological polar surface area (TPSA) is 95.9 Å². The normalized spacial score (nSPS) is 16.1. The molecule has 30 heavy (non-hydrogen) atoms. The molecule has 0 spiro atoms. The Balaban J connectivity index is 1.88. The number of piperidine rings is 1. The average Bonchev–Trinajstić information content (AvgIpc) is 2.74. The van der Waals surface area contributed by atoms with Crippen molar-refractivity contribution in [3.63, 3.8) is 0 Å². The van der Waals surface area contributed by atoms with Gasteiger partial charge in [0.15, 0.2) is 0 Å². The van der Waals surface area contributed by atoms with Crippen molar-refractivity contribution in [2.24, 2.45) is 5.92 Å². The van der Waals surface area contributed by atoms with Gasteiger partial charge in [0.05, 0.1) is 29.5 Å². The van der Waals surface area contributed by atoms with E-state index in [1.54, 1.807) is 37.3 Å². The molecular formula is C22H23BrN2O5. The largest absolute Gasteiger partial charge is 0.478 e. The molecule has 2 aromatic carbocycles. The predicted molar refractivity (Wildman–Crippen MR) is 117 cm³/mol. The minimum absolute atomic E-state index is 0.0730. The van der Waals surface area contributed by atoms with Crippen molar-refractivity contribution in [1.29, 1.82) is 0 Å². The van der Waals surface area contributed by atoms with Crippen LogP contribution in [0, 0.1) is 5.92 Å². The summed E-state index contributed by atoms with van der Waals surface area (Å²) in [5, 5.41) is 12.2. The van der Waals surface area contributed by atoms with Crippen LogP contribution >= 0.6 is 15.9 Å². The van der Waals surface area contributed by atoms with Gasteiger partial charge in [-0.3, -0.25) is 9.59 Å². The molecule has 1 fully saturated rings. The Kier molecular flexibility index (Phi) is 7.10. The Morgan fingerprint density at radius 1 is 1.17 bits per heavy atom. The van der Waals surface area contributed by atoms with E-state index in [1.165, 1.54) is 12.1 Å². The second-order valence-corrected chi connectivity index (χ2v) is 7.95. The minimum Gasteiger partial charge on any atom is -0.478 e. The van der Waals surface area contributed by atoms with Crippen molar-refractivity contribution in [1.82, 2.24) is 0 Å². The van der Waals surface area contributed by atoms with Crippen LogP contribution < -0.4 is 10.2 Å². The molecule has 0 aliphatic carbocycles. The number of halogens is 1. The zero-order valence-electron chi connectivity index (χ0n) is 16.6. The van der Waals surface area contributed by atoms with Crippen LogP contribution in [-0.4, -0.2) is 42.6 Å². The van der Waals surface area contributed by atoms with Crippen molar-refractivity contribution in [3.8, 4) is 0 Å². The number of nitrogens with zero attached hydrogens (tertiary/aromatic N) is 1. The molecule has 3 rings (SSSR count). The third-order valence-corrected chi connectivity index (χ3v) is 5.51. The molecule has 0 radical (unpaired) electrons. The summed E-state index contributed by atoms with van der Waals surface area (Å²) in [7, 11) is 0. The number of carbonyl (C=O) groups is 3. The number of anilines is 2. The summed E-state index contributed by atoms with van der Waals surface area (Å²) in [4.78, 5) is 38.4. The maximum Gasteiger partial charge on any atom is 0.335 e. The zero-order chi connectivity index (χ0) is 21.7.